The molecule has 0 aliphatic carbocycles. The molecule has 31 heavy (non-hydrogen) atoms. The molecule has 0 saturated heterocycles. The number of benzene rings is 1. The molecule has 1 aromatic carbocycles. The molecular formula is C18H14F5N5O3. The number of aromatic nitrogens is 4. The van der Waals surface area contributed by atoms with Crippen LogP contribution in [0.4, 0.5) is 22.0 Å². The predicted octanol–water partition coefficient (Wildman–Crippen LogP) is 2.36. The Kier molecular flexibility index (Phi) is 6.32. The van der Waals surface area contributed by atoms with Crippen molar-refractivity contribution < 1.29 is 36.2 Å². The van der Waals surface area contributed by atoms with Crippen molar-refractivity contribution in [3.63, 3.8) is 0 Å². The molecule has 13 heteroatoms. The molecular weight excluding hydrogens is 429 g/mol. The van der Waals surface area contributed by atoms with E-state index in [1.807, 2.05) is 5.32 Å². The molecule has 0 spiro atoms. The van der Waals surface area contributed by atoms with Gasteiger partial charge in [-0.2, -0.15) is 0 Å². The molecule has 0 aliphatic heterocycles. The fourth-order valence-electron chi connectivity index (χ4n) is 2.58. The minimum Gasteiger partial charge on any atom is -0.495 e. The Balaban J connectivity index is 1.71. The van der Waals surface area contributed by atoms with Crippen LogP contribution in [0.3, 0.4) is 0 Å². The van der Waals surface area contributed by atoms with Gasteiger partial charge in [-0.15, -0.1) is 5.10 Å². The molecule has 2 aromatic heterocycles. The normalized spacial score (nSPS) is 10.8. The standard InChI is InChI=1S/C18H14F5N5O3/c1-30-9-3-11(31-2)10(24-5-9)7-28-6-8(26-27-28)4-25-18(29)12-13(19)15(21)17(23)16(22)14(12)20/h3,5-6H,4,7H2,1-2H3,(H,25,29). The van der Waals surface area contributed by atoms with Crippen molar-refractivity contribution in [2.75, 3.05) is 14.2 Å². The third-order valence-corrected chi connectivity index (χ3v) is 4.13. The topological polar surface area (TPSA) is 91.2 Å². The zero-order valence-corrected chi connectivity index (χ0v) is 16.0. The van der Waals surface area contributed by atoms with Crippen molar-refractivity contribution in [2.24, 2.45) is 0 Å². The van der Waals surface area contributed by atoms with E-state index in [0.717, 1.165) is 0 Å². The quantitative estimate of drug-likeness (QED) is 0.343. The smallest absolute Gasteiger partial charge is 0.257 e. The molecule has 1 N–H and O–H groups in total. The highest BCUT2D eigenvalue weighted by molar-refractivity contribution is 5.94. The summed E-state index contributed by atoms with van der Waals surface area (Å²) in [5.41, 5.74) is -0.939. The van der Waals surface area contributed by atoms with Gasteiger partial charge in [-0.05, 0) is 0 Å². The number of methoxy groups -OCH3 is 2. The molecule has 3 aromatic rings. The number of pyridine rings is 1. The third kappa shape index (κ3) is 4.39. The van der Waals surface area contributed by atoms with Crippen LogP contribution in [0, 0.1) is 29.1 Å². The van der Waals surface area contributed by atoms with Crippen LogP contribution in [0.15, 0.2) is 18.5 Å². The van der Waals surface area contributed by atoms with Crippen molar-refractivity contribution >= 4 is 5.91 Å². The highest BCUT2D eigenvalue weighted by Crippen LogP contribution is 2.24. The summed E-state index contributed by atoms with van der Waals surface area (Å²) in [6.45, 7) is -0.253. The molecule has 0 aliphatic rings. The van der Waals surface area contributed by atoms with Crippen LogP contribution in [0.1, 0.15) is 21.7 Å². The van der Waals surface area contributed by atoms with E-state index in [-0.39, 0.29) is 18.8 Å². The van der Waals surface area contributed by atoms with E-state index in [0.29, 0.717) is 17.2 Å². The second-order valence-corrected chi connectivity index (χ2v) is 6.06. The molecule has 164 valence electrons. The number of rotatable bonds is 7. The molecule has 2 heterocycles. The van der Waals surface area contributed by atoms with Crippen molar-refractivity contribution in [3.05, 3.63) is 64.5 Å². The Hall–Kier alpha value is -3.77. The van der Waals surface area contributed by atoms with E-state index in [4.69, 9.17) is 9.47 Å². The molecule has 0 radical (unpaired) electrons. The van der Waals surface area contributed by atoms with Crippen LogP contribution in [0.25, 0.3) is 0 Å². The number of amides is 1. The SMILES string of the molecule is COc1cnc(Cn2cc(CNC(=O)c3c(F)c(F)c(F)c(F)c3F)nn2)c(OC)c1. The van der Waals surface area contributed by atoms with E-state index in [9.17, 15) is 26.7 Å². The van der Waals surface area contributed by atoms with Gasteiger partial charge >= 0.3 is 0 Å². The summed E-state index contributed by atoms with van der Waals surface area (Å²) in [5, 5.41) is 9.63. The van der Waals surface area contributed by atoms with E-state index in [2.05, 4.69) is 15.3 Å². The Morgan fingerprint density at radius 2 is 1.68 bits per heavy atom. The minimum atomic E-state index is -2.35. The molecule has 1 amide bonds. The molecule has 0 saturated carbocycles. The van der Waals surface area contributed by atoms with Gasteiger partial charge in [0.25, 0.3) is 5.91 Å². The first kappa shape index (κ1) is 21.9. The largest absolute Gasteiger partial charge is 0.495 e. The average Bonchev–Trinajstić information content (AvgIpc) is 3.22. The minimum absolute atomic E-state index is 0.131. The molecule has 0 unspecified atom stereocenters. The number of nitrogens with one attached hydrogen (secondary N) is 1. The summed E-state index contributed by atoms with van der Waals surface area (Å²) in [6.07, 6.45) is 2.87. The fraction of sp³-hybridized carbons (Fsp3) is 0.222. The average molecular weight is 443 g/mol. The number of hydrogen-bond acceptors (Lipinski definition) is 6. The summed E-state index contributed by atoms with van der Waals surface area (Å²) in [7, 11) is 2.92. The first-order valence-corrected chi connectivity index (χ1v) is 8.52. The van der Waals surface area contributed by atoms with Gasteiger partial charge < -0.3 is 14.8 Å². The second kappa shape index (κ2) is 8.93. The maximum absolute atomic E-state index is 13.7. The maximum Gasteiger partial charge on any atom is 0.257 e. The zero-order valence-electron chi connectivity index (χ0n) is 16.0. The van der Waals surface area contributed by atoms with Crippen LogP contribution in [0.5, 0.6) is 11.5 Å². The third-order valence-electron chi connectivity index (χ3n) is 4.13. The summed E-state index contributed by atoms with van der Waals surface area (Å²) in [6, 6.07) is 1.62. The second-order valence-electron chi connectivity index (χ2n) is 6.06. The number of hydrogen-bond donors (Lipinski definition) is 1. The van der Waals surface area contributed by atoms with Gasteiger partial charge in [-0.3, -0.25) is 9.78 Å². The number of nitrogens with zero attached hydrogens (tertiary/aromatic N) is 4. The van der Waals surface area contributed by atoms with Crippen LogP contribution in [-0.4, -0.2) is 40.1 Å². The lowest BCUT2D eigenvalue weighted by Crippen LogP contribution is -2.26. The monoisotopic (exact) mass is 443 g/mol. The highest BCUT2D eigenvalue weighted by Gasteiger charge is 2.29. The van der Waals surface area contributed by atoms with Crippen molar-refractivity contribution in [2.45, 2.75) is 13.1 Å². The summed E-state index contributed by atoms with van der Waals surface area (Å²) in [5.74, 6) is -11.8. The Morgan fingerprint density at radius 3 is 2.29 bits per heavy atom. The van der Waals surface area contributed by atoms with Gasteiger partial charge in [0.15, 0.2) is 23.3 Å². The zero-order chi connectivity index (χ0) is 22.7. The number of ether oxygens (including phenoxy) is 2. The van der Waals surface area contributed by atoms with Gasteiger partial charge in [0.1, 0.15) is 28.5 Å². The van der Waals surface area contributed by atoms with Gasteiger partial charge in [0, 0.05) is 6.07 Å². The van der Waals surface area contributed by atoms with Crippen molar-refractivity contribution in [1.82, 2.24) is 25.3 Å². The highest BCUT2D eigenvalue weighted by atomic mass is 19.2. The first-order chi connectivity index (χ1) is 14.8. The lowest BCUT2D eigenvalue weighted by Gasteiger charge is -2.09. The van der Waals surface area contributed by atoms with Gasteiger partial charge in [-0.1, -0.05) is 5.21 Å². The van der Waals surface area contributed by atoms with E-state index in [1.165, 1.54) is 31.3 Å². The van der Waals surface area contributed by atoms with Crippen LogP contribution < -0.4 is 14.8 Å². The molecule has 0 atom stereocenters. The van der Waals surface area contributed by atoms with E-state index < -0.39 is 40.6 Å². The van der Waals surface area contributed by atoms with Crippen LogP contribution in [-0.2, 0) is 13.1 Å². The maximum atomic E-state index is 13.7. The number of carbonyl (C=O) groups is 1. The van der Waals surface area contributed by atoms with Gasteiger partial charge in [0.05, 0.1) is 39.7 Å². The molecule has 0 fully saturated rings. The Morgan fingerprint density at radius 1 is 1.03 bits per heavy atom. The number of carbonyl (C=O) groups excluding carboxylic acids is 1. The van der Waals surface area contributed by atoms with Crippen molar-refractivity contribution in [1.29, 1.82) is 0 Å². The lowest BCUT2D eigenvalue weighted by atomic mass is 10.1. The molecule has 0 bridgehead atoms. The number of halogens is 5. The molecule has 8 nitrogen and oxygen atoms in total. The van der Waals surface area contributed by atoms with Gasteiger partial charge in [0.2, 0.25) is 5.82 Å². The Labute approximate surface area is 171 Å². The summed E-state index contributed by atoms with van der Waals surface area (Å²) in [4.78, 5) is 16.2. The first-order valence-electron chi connectivity index (χ1n) is 8.52. The molecule has 3 rings (SSSR count). The van der Waals surface area contributed by atoms with Crippen LogP contribution in [0.2, 0.25) is 0 Å². The fourth-order valence-corrected chi connectivity index (χ4v) is 2.58. The summed E-state index contributed by atoms with van der Waals surface area (Å²) < 4.78 is 78.6. The van der Waals surface area contributed by atoms with Crippen LogP contribution >= 0.6 is 0 Å². The van der Waals surface area contributed by atoms with Crippen molar-refractivity contribution in [3.8, 4) is 11.5 Å². The Bertz CT molecular complexity index is 1110. The predicted molar refractivity (Wildman–Crippen MR) is 93.9 cm³/mol. The van der Waals surface area contributed by atoms with E-state index in [1.54, 1.807) is 6.07 Å². The van der Waals surface area contributed by atoms with Gasteiger partial charge in [-0.25, -0.2) is 26.6 Å². The lowest BCUT2D eigenvalue weighted by molar-refractivity contribution is 0.0938. The summed E-state index contributed by atoms with van der Waals surface area (Å²) >= 11 is 0. The van der Waals surface area contributed by atoms with E-state index >= 15 is 0 Å².